The molecule has 1 atom stereocenters. The number of carbonyl (C=O) groups excluding carboxylic acids is 1. The smallest absolute Gasteiger partial charge is 0.261 e. The quantitative estimate of drug-likeness (QED) is 0.885. The van der Waals surface area contributed by atoms with Crippen LogP contribution in [0.3, 0.4) is 0 Å². The molecule has 2 aromatic carbocycles. The van der Waals surface area contributed by atoms with Crippen LogP contribution in [-0.2, 0) is 11.3 Å². The van der Waals surface area contributed by atoms with E-state index in [1.807, 2.05) is 38.1 Å². The Balaban J connectivity index is 1.98. The minimum absolute atomic E-state index is 0.152. The van der Waals surface area contributed by atoms with Gasteiger partial charge in [0.25, 0.3) is 5.91 Å². The van der Waals surface area contributed by atoms with E-state index in [-0.39, 0.29) is 18.3 Å². The van der Waals surface area contributed by atoms with Crippen LogP contribution in [0, 0.1) is 12.7 Å². The van der Waals surface area contributed by atoms with E-state index in [2.05, 4.69) is 5.32 Å². The lowest BCUT2D eigenvalue weighted by molar-refractivity contribution is -0.128. The summed E-state index contributed by atoms with van der Waals surface area (Å²) in [7, 11) is 0. The summed E-state index contributed by atoms with van der Waals surface area (Å²) < 4.78 is 19.3. The maximum Gasteiger partial charge on any atom is 0.261 e. The molecule has 1 N–H and O–H groups in total. The number of nitrogens with one attached hydrogen (secondary N) is 1. The second kappa shape index (κ2) is 7.59. The van der Waals surface area contributed by atoms with E-state index in [1.165, 1.54) is 6.07 Å². The van der Waals surface area contributed by atoms with Crippen molar-refractivity contribution in [1.29, 1.82) is 0 Å². The van der Waals surface area contributed by atoms with Gasteiger partial charge in [0.15, 0.2) is 6.10 Å². The van der Waals surface area contributed by atoms with E-state index in [9.17, 15) is 9.18 Å². The highest BCUT2D eigenvalue weighted by molar-refractivity contribution is 5.81. The number of benzene rings is 2. The molecule has 2 aromatic rings. The van der Waals surface area contributed by atoms with Crippen molar-refractivity contribution >= 4 is 5.91 Å². The predicted molar refractivity (Wildman–Crippen MR) is 84.1 cm³/mol. The predicted octanol–water partition coefficient (Wildman–Crippen LogP) is 3.61. The molecule has 2 rings (SSSR count). The zero-order valence-corrected chi connectivity index (χ0v) is 12.8. The molecule has 0 aliphatic heterocycles. The van der Waals surface area contributed by atoms with Crippen LogP contribution in [0.25, 0.3) is 0 Å². The van der Waals surface area contributed by atoms with Crippen LogP contribution in [0.15, 0.2) is 48.5 Å². The van der Waals surface area contributed by atoms with Crippen molar-refractivity contribution in [3.63, 3.8) is 0 Å². The molecule has 1 unspecified atom stereocenters. The number of hydrogen-bond acceptors (Lipinski definition) is 2. The fourth-order valence-electron chi connectivity index (χ4n) is 2.10. The van der Waals surface area contributed by atoms with Crippen molar-refractivity contribution < 1.29 is 13.9 Å². The third-order valence-electron chi connectivity index (χ3n) is 3.44. The number of halogens is 1. The van der Waals surface area contributed by atoms with Gasteiger partial charge in [-0.25, -0.2) is 4.39 Å². The summed E-state index contributed by atoms with van der Waals surface area (Å²) in [5.41, 5.74) is 1.43. The summed E-state index contributed by atoms with van der Waals surface area (Å²) in [6.45, 7) is 3.96. The third kappa shape index (κ3) is 4.07. The van der Waals surface area contributed by atoms with Crippen LogP contribution in [0.4, 0.5) is 4.39 Å². The van der Waals surface area contributed by atoms with E-state index in [0.29, 0.717) is 17.7 Å². The first kappa shape index (κ1) is 16.0. The molecule has 0 saturated heterocycles. The molecular weight excluding hydrogens is 281 g/mol. The minimum Gasteiger partial charge on any atom is -0.480 e. The Bertz CT molecular complexity index is 642. The van der Waals surface area contributed by atoms with E-state index in [0.717, 1.165) is 5.56 Å². The van der Waals surface area contributed by atoms with E-state index in [4.69, 9.17) is 4.74 Å². The monoisotopic (exact) mass is 301 g/mol. The molecule has 4 heteroatoms. The largest absolute Gasteiger partial charge is 0.480 e. The molecule has 3 nitrogen and oxygen atoms in total. The zero-order valence-electron chi connectivity index (χ0n) is 12.8. The van der Waals surface area contributed by atoms with Crippen LogP contribution < -0.4 is 10.1 Å². The maximum absolute atomic E-state index is 13.5. The third-order valence-corrected chi connectivity index (χ3v) is 3.44. The number of ether oxygens (including phenoxy) is 1. The molecule has 0 aliphatic rings. The topological polar surface area (TPSA) is 38.3 Å². The van der Waals surface area contributed by atoms with Crippen LogP contribution >= 0.6 is 0 Å². The van der Waals surface area contributed by atoms with E-state index < -0.39 is 6.10 Å². The van der Waals surface area contributed by atoms with Crippen LogP contribution in [0.1, 0.15) is 24.5 Å². The van der Waals surface area contributed by atoms with Gasteiger partial charge in [0.05, 0.1) is 0 Å². The van der Waals surface area contributed by atoms with Crippen molar-refractivity contribution in [1.82, 2.24) is 5.32 Å². The van der Waals surface area contributed by atoms with Gasteiger partial charge in [-0.05, 0) is 31.0 Å². The zero-order chi connectivity index (χ0) is 15.9. The number of rotatable bonds is 6. The Hall–Kier alpha value is -2.36. The Morgan fingerprint density at radius 3 is 2.55 bits per heavy atom. The second-order valence-corrected chi connectivity index (χ2v) is 5.09. The number of aryl methyl sites for hydroxylation is 1. The molecule has 1 amide bonds. The molecular formula is C18H20FNO2. The lowest BCUT2D eigenvalue weighted by atomic mass is 10.2. The summed E-state index contributed by atoms with van der Waals surface area (Å²) in [5, 5.41) is 2.73. The summed E-state index contributed by atoms with van der Waals surface area (Å²) >= 11 is 0. The number of para-hydroxylation sites is 1. The summed E-state index contributed by atoms with van der Waals surface area (Å²) in [4.78, 5) is 12.2. The van der Waals surface area contributed by atoms with Gasteiger partial charge in [-0.15, -0.1) is 0 Å². The fourth-order valence-corrected chi connectivity index (χ4v) is 2.10. The lowest BCUT2D eigenvalue weighted by Gasteiger charge is -2.18. The van der Waals surface area contributed by atoms with Crippen molar-refractivity contribution in [2.24, 2.45) is 0 Å². The molecule has 0 fully saturated rings. The summed E-state index contributed by atoms with van der Waals surface area (Å²) in [6, 6.07) is 13.9. The first-order valence-corrected chi connectivity index (χ1v) is 7.35. The molecule has 0 spiro atoms. The Labute approximate surface area is 130 Å². The molecule has 0 aromatic heterocycles. The van der Waals surface area contributed by atoms with Crippen LogP contribution in [0.5, 0.6) is 5.75 Å². The highest BCUT2D eigenvalue weighted by Gasteiger charge is 2.19. The molecule has 116 valence electrons. The molecule has 0 bridgehead atoms. The van der Waals surface area contributed by atoms with Crippen molar-refractivity contribution in [3.8, 4) is 5.75 Å². The molecule has 0 radical (unpaired) electrons. The van der Waals surface area contributed by atoms with Gasteiger partial charge in [-0.3, -0.25) is 4.79 Å². The van der Waals surface area contributed by atoms with Gasteiger partial charge < -0.3 is 10.1 Å². The maximum atomic E-state index is 13.5. The van der Waals surface area contributed by atoms with Crippen molar-refractivity contribution in [3.05, 3.63) is 65.5 Å². The van der Waals surface area contributed by atoms with Crippen molar-refractivity contribution in [2.45, 2.75) is 32.9 Å². The molecule has 22 heavy (non-hydrogen) atoms. The normalized spacial score (nSPS) is 11.8. The van der Waals surface area contributed by atoms with Gasteiger partial charge in [-0.2, -0.15) is 0 Å². The standard InChI is InChI=1S/C18H20FNO2/c1-3-16(22-17-11-7-4-8-13(17)2)18(21)20-12-14-9-5-6-10-15(14)19/h4-11,16H,3,12H2,1-2H3,(H,20,21). The average Bonchev–Trinajstić information content (AvgIpc) is 2.53. The second-order valence-electron chi connectivity index (χ2n) is 5.09. The highest BCUT2D eigenvalue weighted by Crippen LogP contribution is 2.19. The average molecular weight is 301 g/mol. The molecule has 0 aliphatic carbocycles. The first-order chi connectivity index (χ1) is 10.6. The summed E-state index contributed by atoms with van der Waals surface area (Å²) in [5.74, 6) is 0.125. The van der Waals surface area contributed by atoms with Gasteiger partial charge in [-0.1, -0.05) is 43.3 Å². The van der Waals surface area contributed by atoms with Gasteiger partial charge in [0.1, 0.15) is 11.6 Å². The summed E-state index contributed by atoms with van der Waals surface area (Å²) in [6.07, 6.45) is -0.0508. The molecule has 0 saturated carbocycles. The number of hydrogen-bond donors (Lipinski definition) is 1. The number of amides is 1. The van der Waals surface area contributed by atoms with E-state index in [1.54, 1.807) is 18.2 Å². The van der Waals surface area contributed by atoms with Gasteiger partial charge in [0, 0.05) is 12.1 Å². The van der Waals surface area contributed by atoms with Crippen molar-refractivity contribution in [2.75, 3.05) is 0 Å². The lowest BCUT2D eigenvalue weighted by Crippen LogP contribution is -2.37. The van der Waals surface area contributed by atoms with Crippen LogP contribution in [-0.4, -0.2) is 12.0 Å². The number of carbonyl (C=O) groups is 1. The first-order valence-electron chi connectivity index (χ1n) is 7.35. The Morgan fingerprint density at radius 1 is 1.18 bits per heavy atom. The van der Waals surface area contributed by atoms with E-state index >= 15 is 0 Å². The highest BCUT2D eigenvalue weighted by atomic mass is 19.1. The molecule has 0 heterocycles. The SMILES string of the molecule is CCC(Oc1ccccc1C)C(=O)NCc1ccccc1F. The Kier molecular flexibility index (Phi) is 5.53. The van der Waals surface area contributed by atoms with Crippen LogP contribution in [0.2, 0.25) is 0 Å². The van der Waals surface area contributed by atoms with Gasteiger partial charge in [0.2, 0.25) is 0 Å². The Morgan fingerprint density at radius 2 is 1.86 bits per heavy atom. The van der Waals surface area contributed by atoms with Gasteiger partial charge >= 0.3 is 0 Å². The minimum atomic E-state index is -0.590. The fraction of sp³-hybridized carbons (Fsp3) is 0.278.